The fraction of sp³-hybridized carbons (Fsp3) is 0.762. The number of epoxide rings is 1. The number of ether oxygens (including phenoxy) is 3. The largest absolute Gasteiger partial charge is 0.481 e. The van der Waals surface area contributed by atoms with Gasteiger partial charge in [0.1, 0.15) is 12.2 Å². The van der Waals surface area contributed by atoms with E-state index in [9.17, 15) is 14.4 Å². The van der Waals surface area contributed by atoms with Gasteiger partial charge >= 0.3 is 12.1 Å². The first-order valence-electron chi connectivity index (χ1n) is 10.9. The Bertz CT molecular complexity index is 653. The Morgan fingerprint density at radius 3 is 2.47 bits per heavy atom. The van der Waals surface area contributed by atoms with E-state index in [1.807, 2.05) is 13.0 Å². The Balaban J connectivity index is 1.39. The van der Waals surface area contributed by atoms with Crippen LogP contribution in [0.2, 0.25) is 0 Å². The zero-order valence-corrected chi connectivity index (χ0v) is 17.4. The van der Waals surface area contributed by atoms with Crippen molar-refractivity contribution in [2.75, 3.05) is 19.7 Å². The van der Waals surface area contributed by atoms with Crippen LogP contribution in [0.1, 0.15) is 45.4 Å². The average molecular weight is 424 g/mol. The topological polar surface area (TPSA) is 126 Å². The molecule has 0 aromatic rings. The lowest BCUT2D eigenvalue weighted by molar-refractivity contribution is -0.137. The van der Waals surface area contributed by atoms with Crippen molar-refractivity contribution in [2.24, 2.45) is 11.8 Å². The number of allylic oxidation sites excluding steroid dienone is 2. The number of unbranched alkanes of at least 4 members (excludes halogenated alkanes) is 2. The second-order valence-electron chi connectivity index (χ2n) is 8.10. The molecule has 3 rings (SSSR count). The molecule has 3 fully saturated rings. The van der Waals surface area contributed by atoms with E-state index in [4.69, 9.17) is 19.3 Å². The van der Waals surface area contributed by atoms with Gasteiger partial charge in [0.15, 0.2) is 0 Å². The standard InChI is InChI=1S/C21H32N2O7/c1-2-3-10-28-21(27)23-12-15(24)22-11-14-13(8-6-4-5-7-9-16(25)26)17-19-20(30-19)18(14)29-17/h4,6,13-14,17-20H,2-3,5,7-12H2,1H3,(H,22,24)(H,23,27)(H,25,26)/b6-4-/t13-,14+,17+,18-,19-,20+/m0/s1. The van der Waals surface area contributed by atoms with E-state index in [0.717, 1.165) is 25.7 Å². The molecule has 6 atom stereocenters. The number of hydrogen-bond donors (Lipinski definition) is 3. The maximum atomic E-state index is 12.1. The first kappa shape index (κ1) is 22.6. The van der Waals surface area contributed by atoms with Gasteiger partial charge in [-0.3, -0.25) is 9.59 Å². The summed E-state index contributed by atoms with van der Waals surface area (Å²) >= 11 is 0. The lowest BCUT2D eigenvalue weighted by Crippen LogP contribution is -2.44. The Morgan fingerprint density at radius 1 is 1.00 bits per heavy atom. The summed E-state index contributed by atoms with van der Waals surface area (Å²) in [6, 6.07) is 0. The predicted molar refractivity (Wildman–Crippen MR) is 107 cm³/mol. The molecule has 0 saturated carbocycles. The van der Waals surface area contributed by atoms with Crippen molar-refractivity contribution in [3.05, 3.63) is 12.2 Å². The molecule has 3 heterocycles. The molecule has 9 nitrogen and oxygen atoms in total. The maximum Gasteiger partial charge on any atom is 0.407 e. The van der Waals surface area contributed by atoms with Gasteiger partial charge in [-0.05, 0) is 31.6 Å². The summed E-state index contributed by atoms with van der Waals surface area (Å²) in [6.07, 6.45) is 7.95. The van der Waals surface area contributed by atoms with Gasteiger partial charge in [0, 0.05) is 18.9 Å². The molecule has 0 spiro atoms. The lowest BCUT2D eigenvalue weighted by atomic mass is 9.77. The third kappa shape index (κ3) is 5.95. The van der Waals surface area contributed by atoms with Crippen molar-refractivity contribution in [1.29, 1.82) is 0 Å². The van der Waals surface area contributed by atoms with E-state index in [0.29, 0.717) is 19.6 Å². The van der Waals surface area contributed by atoms with Crippen molar-refractivity contribution in [3.63, 3.8) is 0 Å². The molecule has 168 valence electrons. The molecule has 0 aromatic heterocycles. The van der Waals surface area contributed by atoms with E-state index >= 15 is 0 Å². The van der Waals surface area contributed by atoms with Crippen LogP contribution in [0.5, 0.6) is 0 Å². The highest BCUT2D eigenvalue weighted by Crippen LogP contribution is 2.54. The summed E-state index contributed by atoms with van der Waals surface area (Å²) in [7, 11) is 0. The van der Waals surface area contributed by atoms with Crippen LogP contribution in [-0.2, 0) is 23.8 Å². The SMILES string of the molecule is CCCCOC(=O)NCC(=O)NC[C@@H]1[C@H](C/C=C\CCCC(=O)O)[C@H]2O[C@@H]1[C@H]1O[C@H]12. The quantitative estimate of drug-likeness (QED) is 0.233. The van der Waals surface area contributed by atoms with Gasteiger partial charge in [0.05, 0.1) is 25.4 Å². The second kappa shape index (κ2) is 10.8. The normalized spacial score (nSPS) is 30.8. The highest BCUT2D eigenvalue weighted by atomic mass is 16.7. The molecular formula is C21H32N2O7. The summed E-state index contributed by atoms with van der Waals surface area (Å²) in [5.41, 5.74) is 0. The van der Waals surface area contributed by atoms with E-state index in [-0.39, 0.29) is 55.1 Å². The monoisotopic (exact) mass is 424 g/mol. The summed E-state index contributed by atoms with van der Waals surface area (Å²) < 4.78 is 16.7. The third-order valence-corrected chi connectivity index (χ3v) is 5.91. The lowest BCUT2D eigenvalue weighted by Gasteiger charge is -2.25. The second-order valence-corrected chi connectivity index (χ2v) is 8.10. The third-order valence-electron chi connectivity index (χ3n) is 5.91. The van der Waals surface area contributed by atoms with Crippen molar-refractivity contribution < 1.29 is 33.7 Å². The highest BCUT2D eigenvalue weighted by molar-refractivity contribution is 5.82. The summed E-state index contributed by atoms with van der Waals surface area (Å²) in [5.74, 6) is -0.632. The molecule has 3 saturated heterocycles. The Hall–Kier alpha value is -2.13. The molecule has 3 N–H and O–H groups in total. The maximum absolute atomic E-state index is 12.1. The molecule has 30 heavy (non-hydrogen) atoms. The number of aliphatic carboxylic acids is 1. The molecule has 0 aliphatic carbocycles. The molecular weight excluding hydrogens is 392 g/mol. The number of carbonyl (C=O) groups excluding carboxylic acids is 2. The number of nitrogens with one attached hydrogen (secondary N) is 2. The molecule has 0 unspecified atom stereocenters. The molecule has 2 bridgehead atoms. The van der Waals surface area contributed by atoms with Gasteiger partial charge < -0.3 is 30.0 Å². The molecule has 0 aromatic carbocycles. The summed E-state index contributed by atoms with van der Waals surface area (Å²) in [5, 5.41) is 14.0. The van der Waals surface area contributed by atoms with Crippen molar-refractivity contribution in [1.82, 2.24) is 10.6 Å². The fourth-order valence-corrected chi connectivity index (χ4v) is 4.30. The molecule has 3 aliphatic heterocycles. The Morgan fingerprint density at radius 2 is 1.73 bits per heavy atom. The smallest absolute Gasteiger partial charge is 0.407 e. The number of carboxylic acid groups (broad SMARTS) is 1. The first-order valence-corrected chi connectivity index (χ1v) is 10.9. The van der Waals surface area contributed by atoms with Crippen molar-refractivity contribution in [2.45, 2.75) is 69.9 Å². The number of carbonyl (C=O) groups is 3. The van der Waals surface area contributed by atoms with Gasteiger partial charge in [-0.1, -0.05) is 25.5 Å². The molecule has 0 radical (unpaired) electrons. The molecule has 9 heteroatoms. The van der Waals surface area contributed by atoms with Crippen LogP contribution in [0.15, 0.2) is 12.2 Å². The predicted octanol–water partition coefficient (Wildman–Crippen LogP) is 1.61. The Labute approximate surface area is 176 Å². The number of rotatable bonds is 13. The minimum atomic E-state index is -0.777. The van der Waals surface area contributed by atoms with Gasteiger partial charge in [-0.25, -0.2) is 4.79 Å². The van der Waals surface area contributed by atoms with Gasteiger partial charge in [0.25, 0.3) is 0 Å². The number of alkyl carbamates (subject to hydrolysis) is 1. The van der Waals surface area contributed by atoms with Gasteiger partial charge in [-0.2, -0.15) is 0 Å². The van der Waals surface area contributed by atoms with Crippen LogP contribution in [-0.4, -0.2) is 67.2 Å². The van der Waals surface area contributed by atoms with Crippen LogP contribution < -0.4 is 10.6 Å². The van der Waals surface area contributed by atoms with Crippen LogP contribution in [0.3, 0.4) is 0 Å². The average Bonchev–Trinajstić information content (AvgIpc) is 3.34. The van der Waals surface area contributed by atoms with Crippen LogP contribution in [0.4, 0.5) is 4.79 Å². The number of amides is 2. The van der Waals surface area contributed by atoms with Crippen molar-refractivity contribution >= 4 is 18.0 Å². The molecule has 2 amide bonds. The number of hydrogen-bond acceptors (Lipinski definition) is 6. The summed E-state index contributed by atoms with van der Waals surface area (Å²) in [4.78, 5) is 34.2. The fourth-order valence-electron chi connectivity index (χ4n) is 4.30. The Kier molecular flexibility index (Phi) is 8.09. The zero-order chi connectivity index (χ0) is 21.5. The number of carboxylic acids is 1. The minimum absolute atomic E-state index is 0.00215. The van der Waals surface area contributed by atoms with Crippen LogP contribution in [0, 0.1) is 11.8 Å². The van der Waals surface area contributed by atoms with E-state index in [2.05, 4.69) is 16.7 Å². The van der Waals surface area contributed by atoms with E-state index in [1.165, 1.54) is 0 Å². The molecule has 3 aliphatic rings. The van der Waals surface area contributed by atoms with Crippen LogP contribution >= 0.6 is 0 Å². The first-order chi connectivity index (χ1) is 14.5. The van der Waals surface area contributed by atoms with Gasteiger partial charge in [0.2, 0.25) is 5.91 Å². The highest BCUT2D eigenvalue weighted by Gasteiger charge is 2.68. The summed E-state index contributed by atoms with van der Waals surface area (Å²) in [6.45, 7) is 2.70. The van der Waals surface area contributed by atoms with Crippen LogP contribution in [0.25, 0.3) is 0 Å². The van der Waals surface area contributed by atoms with Gasteiger partial charge in [-0.15, -0.1) is 0 Å². The minimum Gasteiger partial charge on any atom is -0.481 e. The number of fused-ring (bicyclic) bond motifs is 5. The van der Waals surface area contributed by atoms with E-state index in [1.54, 1.807) is 0 Å². The zero-order valence-electron chi connectivity index (χ0n) is 17.4. The van der Waals surface area contributed by atoms with E-state index < -0.39 is 12.1 Å². The van der Waals surface area contributed by atoms with Crippen molar-refractivity contribution in [3.8, 4) is 0 Å².